The van der Waals surface area contributed by atoms with E-state index in [9.17, 15) is 29.4 Å². The van der Waals surface area contributed by atoms with Gasteiger partial charge in [0.1, 0.15) is 11.6 Å². The van der Waals surface area contributed by atoms with Crippen molar-refractivity contribution in [2.75, 3.05) is 0 Å². The number of hydrogen-bond donors (Lipinski definition) is 3. The summed E-state index contributed by atoms with van der Waals surface area (Å²) in [6, 6.07) is -2.63. The largest absolute Gasteiger partial charge is 0.492 e. The van der Waals surface area contributed by atoms with Crippen LogP contribution in [0.15, 0.2) is 0 Å². The molecular weight excluding hydrogens is 364 g/mol. The van der Waals surface area contributed by atoms with Crippen LogP contribution in [0.25, 0.3) is 0 Å². The maximum Gasteiger partial charge on any atom is 0.331 e. The zero-order valence-corrected chi connectivity index (χ0v) is 15.4. The van der Waals surface area contributed by atoms with Crippen LogP contribution in [-0.2, 0) is 23.9 Å². The van der Waals surface area contributed by atoms with Gasteiger partial charge in [-0.2, -0.15) is 0 Å². The average molecular weight is 384 g/mol. The second-order valence-electron chi connectivity index (χ2n) is 6.83. The Morgan fingerprint density at radius 3 is 1.78 bits per heavy atom. The van der Waals surface area contributed by atoms with E-state index in [1.165, 1.54) is 0 Å². The van der Waals surface area contributed by atoms with E-state index in [0.29, 0.717) is 4.57 Å². The molecule has 2 rings (SSSR count). The lowest BCUT2D eigenvalue weighted by Gasteiger charge is -2.37. The van der Waals surface area contributed by atoms with Crippen molar-refractivity contribution in [1.82, 2.24) is 9.88 Å². The molecule has 1 amide bonds. The minimum absolute atomic E-state index is 0.629. The number of carbonyl (C=O) groups is 4. The van der Waals surface area contributed by atoms with E-state index in [2.05, 4.69) is 5.32 Å². The highest BCUT2D eigenvalue weighted by Crippen LogP contribution is 2.50. The van der Waals surface area contributed by atoms with Gasteiger partial charge < -0.3 is 29.7 Å². The van der Waals surface area contributed by atoms with Gasteiger partial charge in [-0.05, 0) is 20.8 Å². The summed E-state index contributed by atoms with van der Waals surface area (Å²) in [7, 11) is 0. The van der Waals surface area contributed by atoms with Gasteiger partial charge in [0.15, 0.2) is 6.04 Å². The molecule has 0 spiro atoms. The standard InChI is InChI=1S/C16H20N2O9/c1-6(19)25-10-11(26-7(2)20)14(23)18(13(10)22)9-8(17-12(9)21)15(24)27-16(3,4)5/h8-9,22-23H,1-5H3,(H,17,21). The Kier molecular flexibility index (Phi) is 5.07. The van der Waals surface area contributed by atoms with Crippen molar-refractivity contribution in [3.8, 4) is 23.3 Å². The van der Waals surface area contributed by atoms with Gasteiger partial charge in [0.2, 0.25) is 29.2 Å². The van der Waals surface area contributed by atoms with Gasteiger partial charge in [0.25, 0.3) is 0 Å². The van der Waals surface area contributed by atoms with Crippen molar-refractivity contribution in [3.05, 3.63) is 0 Å². The first-order valence-electron chi connectivity index (χ1n) is 7.89. The first-order valence-corrected chi connectivity index (χ1v) is 7.89. The third-order valence-electron chi connectivity index (χ3n) is 3.38. The Balaban J connectivity index is 2.48. The van der Waals surface area contributed by atoms with Crippen LogP contribution in [0.1, 0.15) is 40.7 Å². The van der Waals surface area contributed by atoms with E-state index in [1.54, 1.807) is 20.8 Å². The minimum Gasteiger partial charge on any atom is -0.492 e. The van der Waals surface area contributed by atoms with Crippen LogP contribution in [0.3, 0.4) is 0 Å². The summed E-state index contributed by atoms with van der Waals surface area (Å²) in [6.07, 6.45) is 0. The van der Waals surface area contributed by atoms with Gasteiger partial charge in [-0.25, -0.2) is 4.79 Å². The topological polar surface area (TPSA) is 153 Å². The molecule has 0 bridgehead atoms. The number of nitrogens with one attached hydrogen (secondary N) is 1. The SMILES string of the molecule is CC(=O)Oc1c(OC(C)=O)c(O)n(C2C(=O)NC2C(=O)OC(C)(C)C)c1O. The van der Waals surface area contributed by atoms with Crippen molar-refractivity contribution in [2.45, 2.75) is 52.3 Å². The number of carbonyl (C=O) groups excluding carboxylic acids is 4. The normalized spacial score (nSPS) is 18.9. The molecule has 27 heavy (non-hydrogen) atoms. The molecule has 0 aliphatic carbocycles. The van der Waals surface area contributed by atoms with Crippen LogP contribution in [0.4, 0.5) is 0 Å². The minimum atomic E-state index is -1.40. The highest BCUT2D eigenvalue weighted by Gasteiger charge is 2.50. The summed E-state index contributed by atoms with van der Waals surface area (Å²) in [5.41, 5.74) is -0.839. The molecule has 11 nitrogen and oxygen atoms in total. The lowest BCUT2D eigenvalue weighted by molar-refractivity contribution is -0.166. The van der Waals surface area contributed by atoms with Crippen LogP contribution in [0.5, 0.6) is 23.3 Å². The summed E-state index contributed by atoms with van der Waals surface area (Å²) in [5.74, 6) is -6.32. The number of nitrogens with zero attached hydrogens (tertiary/aromatic N) is 1. The molecule has 3 N–H and O–H groups in total. The molecule has 2 unspecified atom stereocenters. The summed E-state index contributed by atoms with van der Waals surface area (Å²) >= 11 is 0. The van der Waals surface area contributed by atoms with Gasteiger partial charge in [-0.1, -0.05) is 0 Å². The third kappa shape index (κ3) is 3.96. The fourth-order valence-electron chi connectivity index (χ4n) is 2.45. The van der Waals surface area contributed by atoms with Crippen molar-refractivity contribution in [1.29, 1.82) is 0 Å². The van der Waals surface area contributed by atoms with E-state index >= 15 is 0 Å². The molecule has 1 aliphatic rings. The number of amides is 1. The monoisotopic (exact) mass is 384 g/mol. The van der Waals surface area contributed by atoms with Gasteiger partial charge in [-0.15, -0.1) is 0 Å². The molecule has 1 aliphatic heterocycles. The highest BCUT2D eigenvalue weighted by molar-refractivity contribution is 5.99. The molecule has 1 fully saturated rings. The number of aromatic nitrogens is 1. The number of rotatable bonds is 4. The maximum atomic E-state index is 12.3. The first-order chi connectivity index (χ1) is 12.3. The number of β-lactam (4-membered cyclic amide) rings is 1. The zero-order valence-electron chi connectivity index (χ0n) is 15.4. The lowest BCUT2D eigenvalue weighted by Crippen LogP contribution is -2.63. The van der Waals surface area contributed by atoms with E-state index in [0.717, 1.165) is 13.8 Å². The van der Waals surface area contributed by atoms with Crippen LogP contribution < -0.4 is 14.8 Å². The van der Waals surface area contributed by atoms with E-state index in [1.807, 2.05) is 0 Å². The van der Waals surface area contributed by atoms with E-state index in [-0.39, 0.29) is 0 Å². The van der Waals surface area contributed by atoms with Crippen molar-refractivity contribution >= 4 is 23.8 Å². The van der Waals surface area contributed by atoms with Gasteiger partial charge in [0.05, 0.1) is 0 Å². The van der Waals surface area contributed by atoms with Crippen LogP contribution >= 0.6 is 0 Å². The molecule has 2 heterocycles. The van der Waals surface area contributed by atoms with Crippen molar-refractivity contribution in [3.63, 3.8) is 0 Å². The second kappa shape index (κ2) is 6.82. The quantitative estimate of drug-likeness (QED) is 0.485. The average Bonchev–Trinajstić information content (AvgIpc) is 2.68. The van der Waals surface area contributed by atoms with Crippen LogP contribution in [0.2, 0.25) is 0 Å². The molecule has 148 valence electrons. The molecule has 11 heteroatoms. The van der Waals surface area contributed by atoms with E-state index < -0.39 is 64.8 Å². The van der Waals surface area contributed by atoms with Crippen LogP contribution in [0, 0.1) is 0 Å². The Bertz CT molecular complexity index is 779. The Morgan fingerprint density at radius 1 is 1.00 bits per heavy atom. The predicted octanol–water partition coefficient (Wildman–Crippen LogP) is 0.131. The van der Waals surface area contributed by atoms with Gasteiger partial charge in [-0.3, -0.25) is 19.0 Å². The van der Waals surface area contributed by atoms with Crippen molar-refractivity contribution in [2.24, 2.45) is 0 Å². The number of esters is 3. The molecular formula is C16H20N2O9. The number of aromatic hydroxyl groups is 2. The maximum absolute atomic E-state index is 12.3. The summed E-state index contributed by atoms with van der Waals surface area (Å²) in [5, 5.41) is 23.0. The number of hydrogen-bond acceptors (Lipinski definition) is 9. The summed E-state index contributed by atoms with van der Waals surface area (Å²) in [6.45, 7) is 6.92. The molecule has 1 aromatic rings. The second-order valence-corrected chi connectivity index (χ2v) is 6.83. The van der Waals surface area contributed by atoms with Crippen LogP contribution in [-0.4, -0.2) is 50.2 Å². The highest BCUT2D eigenvalue weighted by atomic mass is 16.6. The summed E-state index contributed by atoms with van der Waals surface area (Å²) in [4.78, 5) is 46.8. The Labute approximate surface area is 153 Å². The Morgan fingerprint density at radius 2 is 1.44 bits per heavy atom. The van der Waals surface area contributed by atoms with Crippen molar-refractivity contribution < 1.29 is 43.6 Å². The lowest BCUT2D eigenvalue weighted by atomic mass is 9.98. The molecule has 0 radical (unpaired) electrons. The van der Waals surface area contributed by atoms with Gasteiger partial charge in [0, 0.05) is 13.8 Å². The first kappa shape index (κ1) is 20.1. The molecule has 1 saturated heterocycles. The molecule has 2 atom stereocenters. The zero-order chi connectivity index (χ0) is 20.7. The fourth-order valence-corrected chi connectivity index (χ4v) is 2.45. The molecule has 0 saturated carbocycles. The Hall–Kier alpha value is -3.24. The van der Waals surface area contributed by atoms with Gasteiger partial charge >= 0.3 is 17.9 Å². The number of ether oxygens (including phenoxy) is 3. The third-order valence-corrected chi connectivity index (χ3v) is 3.38. The summed E-state index contributed by atoms with van der Waals surface area (Å²) < 4.78 is 15.4. The predicted molar refractivity (Wildman–Crippen MR) is 87.2 cm³/mol. The smallest absolute Gasteiger partial charge is 0.331 e. The molecule has 0 aromatic carbocycles. The fraction of sp³-hybridized carbons (Fsp3) is 0.500. The molecule has 1 aromatic heterocycles. The van der Waals surface area contributed by atoms with E-state index in [4.69, 9.17) is 14.2 Å².